The Kier molecular flexibility index (Phi) is 8.31. The highest BCUT2D eigenvalue weighted by Crippen LogP contribution is 2.29. The van der Waals surface area contributed by atoms with Gasteiger partial charge in [-0.3, -0.25) is 4.79 Å². The maximum Gasteiger partial charge on any atom is 0.416 e. The van der Waals surface area contributed by atoms with Crippen LogP contribution >= 0.6 is 12.4 Å². The standard InChI is InChI=1S/C20H23F3N2O.ClH/c1-13(12-15-8-10-17(11-9-15)20(21,22)23)25-19(26)14(2)18(24)16-6-4-3-5-7-16;/h3-11,13-14,18H,12,24H2,1-2H3,(H,25,26);1H. The largest absolute Gasteiger partial charge is 0.416 e. The van der Waals surface area contributed by atoms with Gasteiger partial charge >= 0.3 is 6.18 Å². The molecular formula is C20H24ClF3N2O. The van der Waals surface area contributed by atoms with Gasteiger partial charge in [-0.2, -0.15) is 13.2 Å². The number of carbonyl (C=O) groups is 1. The molecule has 3 atom stereocenters. The summed E-state index contributed by atoms with van der Waals surface area (Å²) in [4.78, 5) is 12.4. The fourth-order valence-corrected chi connectivity index (χ4v) is 2.74. The van der Waals surface area contributed by atoms with Crippen molar-refractivity contribution >= 4 is 18.3 Å². The Morgan fingerprint density at radius 1 is 1.04 bits per heavy atom. The maximum atomic E-state index is 12.6. The third kappa shape index (κ3) is 6.56. The van der Waals surface area contributed by atoms with Crippen molar-refractivity contribution in [3.63, 3.8) is 0 Å². The lowest BCUT2D eigenvalue weighted by Gasteiger charge is -2.22. The van der Waals surface area contributed by atoms with Gasteiger partial charge in [0.25, 0.3) is 0 Å². The number of nitrogens with one attached hydrogen (secondary N) is 1. The smallest absolute Gasteiger partial charge is 0.353 e. The molecule has 2 aromatic carbocycles. The van der Waals surface area contributed by atoms with Crippen molar-refractivity contribution in [2.45, 2.75) is 38.5 Å². The van der Waals surface area contributed by atoms with Crippen molar-refractivity contribution in [3.05, 3.63) is 71.3 Å². The van der Waals surface area contributed by atoms with Crippen molar-refractivity contribution in [1.82, 2.24) is 5.32 Å². The molecule has 0 bridgehead atoms. The summed E-state index contributed by atoms with van der Waals surface area (Å²) in [6.45, 7) is 3.58. The van der Waals surface area contributed by atoms with Crippen LogP contribution in [0.3, 0.4) is 0 Å². The van der Waals surface area contributed by atoms with Gasteiger partial charge in [0.15, 0.2) is 0 Å². The Balaban J connectivity index is 0.00000364. The molecule has 0 spiro atoms. The summed E-state index contributed by atoms with van der Waals surface area (Å²) in [5.41, 5.74) is 7.09. The molecule has 3 nitrogen and oxygen atoms in total. The summed E-state index contributed by atoms with van der Waals surface area (Å²) >= 11 is 0. The maximum absolute atomic E-state index is 12.6. The minimum absolute atomic E-state index is 0. The van der Waals surface area contributed by atoms with Crippen LogP contribution in [0.2, 0.25) is 0 Å². The zero-order valence-corrected chi connectivity index (χ0v) is 16.0. The average Bonchev–Trinajstić information content (AvgIpc) is 2.60. The molecule has 0 aromatic heterocycles. The summed E-state index contributed by atoms with van der Waals surface area (Å²) in [5, 5.41) is 2.88. The Morgan fingerprint density at radius 2 is 1.59 bits per heavy atom. The second kappa shape index (κ2) is 9.76. The highest BCUT2D eigenvalue weighted by molar-refractivity contribution is 5.85. The number of amides is 1. The molecule has 3 unspecified atom stereocenters. The molecule has 27 heavy (non-hydrogen) atoms. The summed E-state index contributed by atoms with van der Waals surface area (Å²) in [6, 6.07) is 13.7. The van der Waals surface area contributed by atoms with E-state index >= 15 is 0 Å². The van der Waals surface area contributed by atoms with E-state index < -0.39 is 23.7 Å². The van der Waals surface area contributed by atoms with Crippen molar-refractivity contribution < 1.29 is 18.0 Å². The molecule has 0 heterocycles. The normalized spacial score (nSPS) is 14.6. The minimum atomic E-state index is -4.35. The van der Waals surface area contributed by atoms with Crippen LogP contribution in [0.4, 0.5) is 13.2 Å². The lowest BCUT2D eigenvalue weighted by molar-refractivity contribution is -0.137. The Hall–Kier alpha value is -2.05. The van der Waals surface area contributed by atoms with E-state index in [0.29, 0.717) is 6.42 Å². The molecule has 0 aliphatic carbocycles. The second-order valence-corrected chi connectivity index (χ2v) is 6.53. The lowest BCUT2D eigenvalue weighted by Crippen LogP contribution is -2.41. The fourth-order valence-electron chi connectivity index (χ4n) is 2.74. The Morgan fingerprint density at radius 3 is 2.11 bits per heavy atom. The van der Waals surface area contributed by atoms with Gasteiger partial charge in [-0.05, 0) is 36.6 Å². The molecule has 2 rings (SSSR count). The van der Waals surface area contributed by atoms with Crippen molar-refractivity contribution in [1.29, 1.82) is 0 Å². The molecule has 0 aliphatic heterocycles. The minimum Gasteiger partial charge on any atom is -0.353 e. The number of nitrogens with two attached hydrogens (primary N) is 1. The van der Waals surface area contributed by atoms with Gasteiger partial charge in [0.1, 0.15) is 0 Å². The zero-order chi connectivity index (χ0) is 19.3. The molecular weight excluding hydrogens is 377 g/mol. The summed E-state index contributed by atoms with van der Waals surface area (Å²) in [7, 11) is 0. The van der Waals surface area contributed by atoms with Crippen LogP contribution in [0.5, 0.6) is 0 Å². The van der Waals surface area contributed by atoms with E-state index in [2.05, 4.69) is 5.32 Å². The van der Waals surface area contributed by atoms with E-state index in [4.69, 9.17) is 5.73 Å². The van der Waals surface area contributed by atoms with E-state index in [1.54, 1.807) is 6.92 Å². The molecule has 1 amide bonds. The average molecular weight is 401 g/mol. The van der Waals surface area contributed by atoms with Crippen molar-refractivity contribution in [3.8, 4) is 0 Å². The summed E-state index contributed by atoms with van der Waals surface area (Å²) in [6.07, 6.45) is -3.90. The third-order valence-corrected chi connectivity index (χ3v) is 4.35. The quantitative estimate of drug-likeness (QED) is 0.749. The molecule has 2 aromatic rings. The highest BCUT2D eigenvalue weighted by atomic mass is 35.5. The highest BCUT2D eigenvalue weighted by Gasteiger charge is 2.30. The van der Waals surface area contributed by atoms with E-state index in [0.717, 1.165) is 23.3 Å². The monoisotopic (exact) mass is 400 g/mol. The van der Waals surface area contributed by atoms with E-state index in [9.17, 15) is 18.0 Å². The first kappa shape index (κ1) is 23.0. The first-order valence-electron chi connectivity index (χ1n) is 8.45. The van der Waals surface area contributed by atoms with Gasteiger partial charge in [-0.1, -0.05) is 49.4 Å². The number of carbonyl (C=O) groups excluding carboxylic acids is 1. The van der Waals surface area contributed by atoms with E-state index in [1.165, 1.54) is 12.1 Å². The fraction of sp³-hybridized carbons (Fsp3) is 0.350. The lowest BCUT2D eigenvalue weighted by atomic mass is 9.94. The SMILES string of the molecule is CC(Cc1ccc(C(F)(F)F)cc1)NC(=O)C(C)C(N)c1ccccc1.Cl. The molecule has 0 radical (unpaired) electrons. The predicted molar refractivity (Wildman–Crippen MR) is 103 cm³/mol. The number of alkyl halides is 3. The molecule has 0 fully saturated rings. The van der Waals surface area contributed by atoms with Gasteiger partial charge in [0, 0.05) is 12.1 Å². The zero-order valence-electron chi connectivity index (χ0n) is 15.2. The molecule has 0 aliphatic rings. The summed E-state index contributed by atoms with van der Waals surface area (Å²) in [5.74, 6) is -0.603. The van der Waals surface area contributed by atoms with Gasteiger partial charge in [0.05, 0.1) is 11.5 Å². The van der Waals surface area contributed by atoms with Crippen LogP contribution < -0.4 is 11.1 Å². The van der Waals surface area contributed by atoms with Gasteiger partial charge < -0.3 is 11.1 Å². The van der Waals surface area contributed by atoms with Crippen LogP contribution in [0.25, 0.3) is 0 Å². The van der Waals surface area contributed by atoms with Crippen molar-refractivity contribution in [2.24, 2.45) is 11.7 Å². The van der Waals surface area contributed by atoms with Crippen molar-refractivity contribution in [2.75, 3.05) is 0 Å². The Bertz CT molecular complexity index is 720. The molecule has 148 valence electrons. The predicted octanol–water partition coefficient (Wildman–Crippen LogP) is 4.51. The second-order valence-electron chi connectivity index (χ2n) is 6.53. The van der Waals surface area contributed by atoms with Crippen LogP contribution in [0.15, 0.2) is 54.6 Å². The van der Waals surface area contributed by atoms with Gasteiger partial charge in [0.2, 0.25) is 5.91 Å². The van der Waals surface area contributed by atoms with Crippen LogP contribution in [0.1, 0.15) is 36.6 Å². The van der Waals surface area contributed by atoms with Gasteiger partial charge in [-0.15, -0.1) is 12.4 Å². The number of halogens is 4. The van der Waals surface area contributed by atoms with Crippen LogP contribution in [-0.4, -0.2) is 11.9 Å². The molecule has 3 N–H and O–H groups in total. The first-order chi connectivity index (χ1) is 12.2. The molecule has 0 saturated carbocycles. The summed E-state index contributed by atoms with van der Waals surface area (Å²) < 4.78 is 37.8. The topological polar surface area (TPSA) is 55.1 Å². The number of hydrogen-bond acceptors (Lipinski definition) is 2. The van der Waals surface area contributed by atoms with Crippen LogP contribution in [0, 0.1) is 5.92 Å². The molecule has 7 heteroatoms. The van der Waals surface area contributed by atoms with Crippen LogP contribution in [-0.2, 0) is 17.4 Å². The Labute approximate surface area is 163 Å². The third-order valence-electron chi connectivity index (χ3n) is 4.35. The number of benzene rings is 2. The van der Waals surface area contributed by atoms with E-state index in [1.807, 2.05) is 37.3 Å². The van der Waals surface area contributed by atoms with Gasteiger partial charge in [-0.25, -0.2) is 0 Å². The first-order valence-corrected chi connectivity index (χ1v) is 8.45. The number of hydrogen-bond donors (Lipinski definition) is 2. The number of rotatable bonds is 6. The molecule has 0 saturated heterocycles. The van der Waals surface area contributed by atoms with E-state index in [-0.39, 0.29) is 24.4 Å².